The maximum Gasteiger partial charge on any atom is 0.166 e. The van der Waals surface area contributed by atoms with Gasteiger partial charge in [-0.25, -0.2) is 5.90 Å². The number of aliphatic hydroxyl groups excluding tert-OH is 2. The van der Waals surface area contributed by atoms with Crippen molar-refractivity contribution in [3.05, 3.63) is 0 Å². The van der Waals surface area contributed by atoms with E-state index in [-0.39, 0.29) is 5.78 Å². The van der Waals surface area contributed by atoms with E-state index >= 15 is 0 Å². The first-order valence-corrected chi connectivity index (χ1v) is 9.84. The average molecular weight is 346 g/mol. The number of aliphatic hydroxyl groups is 2. The van der Waals surface area contributed by atoms with Gasteiger partial charge in [-0.05, 0) is 6.42 Å². The molecule has 0 aliphatic carbocycles. The zero-order valence-electron chi connectivity index (χ0n) is 15.5. The summed E-state index contributed by atoms with van der Waals surface area (Å²) in [5, 5.41) is 18.2. The highest BCUT2D eigenvalue weighted by Gasteiger charge is 2.25. The van der Waals surface area contributed by atoms with Gasteiger partial charge >= 0.3 is 0 Å². The summed E-state index contributed by atoms with van der Waals surface area (Å²) in [6.07, 6.45) is 14.3. The normalized spacial score (nSPS) is 13.8. The summed E-state index contributed by atoms with van der Waals surface area (Å²) >= 11 is 0. The Morgan fingerprint density at radius 2 is 1.29 bits per heavy atom. The van der Waals surface area contributed by atoms with Crippen molar-refractivity contribution >= 4 is 5.78 Å². The van der Waals surface area contributed by atoms with E-state index in [0.29, 0.717) is 6.42 Å². The quantitative estimate of drug-likeness (QED) is 0.260. The van der Waals surface area contributed by atoms with Crippen molar-refractivity contribution in [2.24, 2.45) is 5.90 Å². The van der Waals surface area contributed by atoms with Gasteiger partial charge in [0.05, 0.1) is 6.61 Å². The third-order valence-corrected chi connectivity index (χ3v) is 4.53. The molecule has 144 valence electrons. The van der Waals surface area contributed by atoms with E-state index in [0.717, 1.165) is 19.3 Å². The Morgan fingerprint density at radius 3 is 1.67 bits per heavy atom. The molecule has 0 aliphatic rings. The predicted molar refractivity (Wildman–Crippen MR) is 97.5 cm³/mol. The SMILES string of the molecule is CCCCCCCCCCCCCCCC(=O)C(ON)C(O)CO. The van der Waals surface area contributed by atoms with E-state index in [4.69, 9.17) is 11.0 Å². The molecular formula is C19H39NO4. The van der Waals surface area contributed by atoms with Gasteiger partial charge in [-0.3, -0.25) is 9.63 Å². The predicted octanol–water partition coefficient (Wildman–Crippen LogP) is 3.65. The van der Waals surface area contributed by atoms with Crippen molar-refractivity contribution in [1.29, 1.82) is 0 Å². The first kappa shape index (κ1) is 23.5. The lowest BCUT2D eigenvalue weighted by molar-refractivity contribution is -0.141. The smallest absolute Gasteiger partial charge is 0.166 e. The van der Waals surface area contributed by atoms with Crippen molar-refractivity contribution < 1.29 is 19.8 Å². The fourth-order valence-corrected chi connectivity index (χ4v) is 2.94. The van der Waals surface area contributed by atoms with Crippen molar-refractivity contribution in [3.63, 3.8) is 0 Å². The zero-order valence-corrected chi connectivity index (χ0v) is 15.5. The summed E-state index contributed by atoms with van der Waals surface area (Å²) < 4.78 is 0. The minimum Gasteiger partial charge on any atom is -0.394 e. The highest BCUT2D eigenvalue weighted by molar-refractivity contribution is 5.83. The molecule has 0 saturated carbocycles. The van der Waals surface area contributed by atoms with Gasteiger partial charge in [0.2, 0.25) is 0 Å². The highest BCUT2D eigenvalue weighted by Crippen LogP contribution is 2.13. The van der Waals surface area contributed by atoms with Gasteiger partial charge in [-0.1, -0.05) is 84.0 Å². The molecular weight excluding hydrogens is 306 g/mol. The minimum atomic E-state index is -1.23. The molecule has 24 heavy (non-hydrogen) atoms. The van der Waals surface area contributed by atoms with Gasteiger partial charge in [-0.2, -0.15) is 0 Å². The van der Waals surface area contributed by atoms with Gasteiger partial charge in [0.15, 0.2) is 11.9 Å². The second-order valence-corrected chi connectivity index (χ2v) is 6.77. The Kier molecular flexibility index (Phi) is 17.0. The summed E-state index contributed by atoms with van der Waals surface area (Å²) in [5.74, 6) is 4.77. The lowest BCUT2D eigenvalue weighted by Gasteiger charge is -2.17. The van der Waals surface area contributed by atoms with Crippen LogP contribution in [0, 0.1) is 0 Å². The second-order valence-electron chi connectivity index (χ2n) is 6.77. The lowest BCUT2D eigenvalue weighted by Crippen LogP contribution is -2.40. The molecule has 0 aromatic heterocycles. The molecule has 0 aromatic rings. The fraction of sp³-hybridized carbons (Fsp3) is 0.947. The van der Waals surface area contributed by atoms with Crippen molar-refractivity contribution in [2.45, 2.75) is 109 Å². The topological polar surface area (TPSA) is 92.8 Å². The van der Waals surface area contributed by atoms with Gasteiger partial charge < -0.3 is 10.2 Å². The average Bonchev–Trinajstić information content (AvgIpc) is 2.59. The summed E-state index contributed by atoms with van der Waals surface area (Å²) in [4.78, 5) is 16.3. The Morgan fingerprint density at radius 1 is 0.875 bits per heavy atom. The Labute approximate surface area is 147 Å². The van der Waals surface area contributed by atoms with Crippen LogP contribution in [0.15, 0.2) is 0 Å². The van der Waals surface area contributed by atoms with Crippen LogP contribution in [-0.4, -0.2) is 34.8 Å². The molecule has 0 bridgehead atoms. The van der Waals surface area contributed by atoms with Gasteiger partial charge in [0.1, 0.15) is 6.10 Å². The maximum absolute atomic E-state index is 11.8. The molecule has 0 fully saturated rings. The highest BCUT2D eigenvalue weighted by atomic mass is 16.6. The summed E-state index contributed by atoms with van der Waals surface area (Å²) in [7, 11) is 0. The van der Waals surface area contributed by atoms with Gasteiger partial charge in [-0.15, -0.1) is 0 Å². The van der Waals surface area contributed by atoms with E-state index in [1.165, 1.54) is 64.2 Å². The largest absolute Gasteiger partial charge is 0.394 e. The molecule has 0 radical (unpaired) electrons. The number of Topliss-reactive ketones (excluding diaryl/α,β-unsaturated/α-hetero) is 1. The number of hydrogen-bond acceptors (Lipinski definition) is 5. The van der Waals surface area contributed by atoms with Gasteiger partial charge in [0.25, 0.3) is 0 Å². The molecule has 4 N–H and O–H groups in total. The summed E-state index contributed by atoms with van der Waals surface area (Å²) in [6, 6.07) is 0. The monoisotopic (exact) mass is 345 g/mol. The van der Waals surface area contributed by atoms with E-state index in [2.05, 4.69) is 11.8 Å². The number of unbranched alkanes of at least 4 members (excludes halogenated alkanes) is 12. The van der Waals surface area contributed by atoms with Crippen LogP contribution in [0.4, 0.5) is 0 Å². The third kappa shape index (κ3) is 12.9. The van der Waals surface area contributed by atoms with E-state index < -0.39 is 18.8 Å². The van der Waals surface area contributed by atoms with Crippen molar-refractivity contribution in [1.82, 2.24) is 0 Å². The second kappa shape index (κ2) is 17.3. The fourth-order valence-electron chi connectivity index (χ4n) is 2.94. The molecule has 0 aromatic carbocycles. The third-order valence-electron chi connectivity index (χ3n) is 4.53. The molecule has 0 spiro atoms. The molecule has 2 atom stereocenters. The lowest BCUT2D eigenvalue weighted by atomic mass is 10.0. The molecule has 5 heteroatoms. The first-order valence-electron chi connectivity index (χ1n) is 9.84. The summed E-state index contributed by atoms with van der Waals surface area (Å²) in [6.45, 7) is 1.73. The Hall–Kier alpha value is -0.490. The van der Waals surface area contributed by atoms with Crippen LogP contribution in [0.5, 0.6) is 0 Å². The molecule has 0 aliphatic heterocycles. The molecule has 0 saturated heterocycles. The van der Waals surface area contributed by atoms with Crippen molar-refractivity contribution in [3.8, 4) is 0 Å². The van der Waals surface area contributed by atoms with Crippen LogP contribution in [0.3, 0.4) is 0 Å². The van der Waals surface area contributed by atoms with E-state index in [1.807, 2.05) is 0 Å². The minimum absolute atomic E-state index is 0.234. The van der Waals surface area contributed by atoms with Crippen LogP contribution >= 0.6 is 0 Å². The number of carbonyl (C=O) groups is 1. The molecule has 2 unspecified atom stereocenters. The molecule has 0 heterocycles. The van der Waals surface area contributed by atoms with Crippen LogP contribution in [0.1, 0.15) is 96.8 Å². The van der Waals surface area contributed by atoms with Crippen molar-refractivity contribution in [2.75, 3.05) is 6.61 Å². The van der Waals surface area contributed by atoms with Crippen LogP contribution < -0.4 is 5.90 Å². The number of ketones is 1. The van der Waals surface area contributed by atoms with Crippen LogP contribution in [0.2, 0.25) is 0 Å². The summed E-state index contributed by atoms with van der Waals surface area (Å²) in [5.41, 5.74) is 0. The first-order chi connectivity index (χ1) is 11.7. The zero-order chi connectivity index (χ0) is 18.0. The number of hydrogen-bond donors (Lipinski definition) is 3. The van der Waals surface area contributed by atoms with E-state index in [9.17, 15) is 9.90 Å². The Balaban J connectivity index is 3.37. The number of carbonyl (C=O) groups excluding carboxylic acids is 1. The standard InChI is InChI=1S/C19H39NO4/c1-2-3-4-5-6-7-8-9-10-11-12-13-14-15-17(22)19(24-20)18(23)16-21/h18-19,21,23H,2-16,20H2,1H3. The number of rotatable bonds is 18. The Bertz CT molecular complexity index is 287. The van der Waals surface area contributed by atoms with Crippen LogP contribution in [-0.2, 0) is 9.63 Å². The van der Waals surface area contributed by atoms with Crippen LogP contribution in [0.25, 0.3) is 0 Å². The molecule has 5 nitrogen and oxygen atoms in total. The number of nitrogens with two attached hydrogens (primary N) is 1. The molecule has 0 amide bonds. The molecule has 0 rings (SSSR count). The maximum atomic E-state index is 11.8. The van der Waals surface area contributed by atoms with Gasteiger partial charge in [0, 0.05) is 6.42 Å². The van der Waals surface area contributed by atoms with E-state index in [1.54, 1.807) is 0 Å².